The van der Waals surface area contributed by atoms with Crippen LogP contribution in [-0.4, -0.2) is 15.0 Å². The van der Waals surface area contributed by atoms with Gasteiger partial charge in [-0.2, -0.15) is 0 Å². The maximum atomic E-state index is 5.87. The van der Waals surface area contributed by atoms with Gasteiger partial charge in [0, 0.05) is 6.20 Å². The van der Waals surface area contributed by atoms with E-state index in [9.17, 15) is 0 Å². The van der Waals surface area contributed by atoms with Crippen LogP contribution in [0.15, 0.2) is 12.3 Å². The van der Waals surface area contributed by atoms with E-state index >= 15 is 0 Å². The summed E-state index contributed by atoms with van der Waals surface area (Å²) in [4.78, 5) is 12.6. The van der Waals surface area contributed by atoms with Crippen LogP contribution in [0, 0.1) is 13.8 Å². The highest BCUT2D eigenvalue weighted by molar-refractivity contribution is 6.33. The number of rotatable bonds is 0. The summed E-state index contributed by atoms with van der Waals surface area (Å²) in [5, 5.41) is 0.410. The van der Waals surface area contributed by atoms with E-state index < -0.39 is 0 Å². The third-order valence-electron chi connectivity index (χ3n) is 1.95. The molecule has 0 radical (unpaired) electrons. The lowest BCUT2D eigenvalue weighted by atomic mass is 10.3. The Balaban J connectivity index is 2.89. The van der Waals surface area contributed by atoms with Crippen LogP contribution in [0.25, 0.3) is 11.0 Å². The SMILES string of the molecule is Cc1nc2ccnc(Cl)c2nc1C. The summed E-state index contributed by atoms with van der Waals surface area (Å²) >= 11 is 5.87. The van der Waals surface area contributed by atoms with E-state index in [0.717, 1.165) is 16.9 Å². The molecule has 0 aliphatic carbocycles. The van der Waals surface area contributed by atoms with E-state index in [-0.39, 0.29) is 0 Å². The highest BCUT2D eigenvalue weighted by Crippen LogP contribution is 2.18. The Kier molecular flexibility index (Phi) is 1.88. The van der Waals surface area contributed by atoms with Gasteiger partial charge < -0.3 is 0 Å². The minimum atomic E-state index is 0.410. The zero-order valence-corrected chi connectivity index (χ0v) is 8.13. The van der Waals surface area contributed by atoms with Crippen LogP contribution in [-0.2, 0) is 0 Å². The van der Waals surface area contributed by atoms with Crippen molar-refractivity contribution < 1.29 is 0 Å². The van der Waals surface area contributed by atoms with Crippen molar-refractivity contribution in [1.29, 1.82) is 0 Å². The van der Waals surface area contributed by atoms with Crippen molar-refractivity contribution in [3.05, 3.63) is 28.8 Å². The van der Waals surface area contributed by atoms with Crippen molar-refractivity contribution in [1.82, 2.24) is 15.0 Å². The van der Waals surface area contributed by atoms with Crippen LogP contribution in [0.2, 0.25) is 5.15 Å². The number of hydrogen-bond donors (Lipinski definition) is 0. The Hall–Kier alpha value is -1.22. The fraction of sp³-hybridized carbons (Fsp3) is 0.222. The number of aryl methyl sites for hydroxylation is 2. The molecule has 66 valence electrons. The molecule has 4 heteroatoms. The first-order valence-corrected chi connectivity index (χ1v) is 4.32. The number of halogens is 1. The van der Waals surface area contributed by atoms with Crippen LogP contribution in [0.1, 0.15) is 11.4 Å². The molecular formula is C9H8ClN3. The number of nitrogens with zero attached hydrogens (tertiary/aromatic N) is 3. The predicted molar refractivity (Wildman–Crippen MR) is 51.8 cm³/mol. The maximum absolute atomic E-state index is 5.87. The topological polar surface area (TPSA) is 38.7 Å². The lowest BCUT2D eigenvalue weighted by molar-refractivity contribution is 1.09. The average Bonchev–Trinajstić information content (AvgIpc) is 2.09. The monoisotopic (exact) mass is 193 g/mol. The van der Waals surface area contributed by atoms with Gasteiger partial charge in [0.1, 0.15) is 5.52 Å². The van der Waals surface area contributed by atoms with E-state index in [4.69, 9.17) is 11.6 Å². The van der Waals surface area contributed by atoms with Gasteiger partial charge in [0.25, 0.3) is 0 Å². The Bertz CT molecular complexity index is 468. The third-order valence-corrected chi connectivity index (χ3v) is 2.23. The van der Waals surface area contributed by atoms with Gasteiger partial charge in [-0.3, -0.25) is 0 Å². The first-order valence-electron chi connectivity index (χ1n) is 3.94. The molecule has 2 aromatic rings. The Labute approximate surface area is 80.8 Å². The van der Waals surface area contributed by atoms with Crippen LogP contribution < -0.4 is 0 Å². The zero-order chi connectivity index (χ0) is 9.42. The standard InChI is InChI=1S/C9H8ClN3/c1-5-6(2)13-8-7(12-5)3-4-11-9(8)10/h3-4H,1-2H3. The van der Waals surface area contributed by atoms with Gasteiger partial charge in [0.05, 0.1) is 16.9 Å². The lowest BCUT2D eigenvalue weighted by Crippen LogP contribution is -1.94. The van der Waals surface area contributed by atoms with Crippen LogP contribution in [0.5, 0.6) is 0 Å². The molecule has 0 atom stereocenters. The van der Waals surface area contributed by atoms with E-state index in [1.54, 1.807) is 12.3 Å². The minimum absolute atomic E-state index is 0.410. The van der Waals surface area contributed by atoms with Crippen molar-refractivity contribution in [3.8, 4) is 0 Å². The highest BCUT2D eigenvalue weighted by atomic mass is 35.5. The van der Waals surface area contributed by atoms with Gasteiger partial charge in [0.2, 0.25) is 0 Å². The quantitative estimate of drug-likeness (QED) is 0.603. The van der Waals surface area contributed by atoms with Gasteiger partial charge in [-0.15, -0.1) is 0 Å². The summed E-state index contributed by atoms with van der Waals surface area (Å²) in [7, 11) is 0. The van der Waals surface area contributed by atoms with Crippen molar-refractivity contribution in [3.63, 3.8) is 0 Å². The van der Waals surface area contributed by atoms with E-state index in [2.05, 4.69) is 15.0 Å². The van der Waals surface area contributed by atoms with Gasteiger partial charge in [-0.05, 0) is 19.9 Å². The fourth-order valence-electron chi connectivity index (χ4n) is 1.12. The van der Waals surface area contributed by atoms with Crippen molar-refractivity contribution in [2.45, 2.75) is 13.8 Å². The molecule has 0 N–H and O–H groups in total. The molecule has 0 aliphatic rings. The van der Waals surface area contributed by atoms with Gasteiger partial charge >= 0.3 is 0 Å². The first kappa shape index (κ1) is 8.38. The third kappa shape index (κ3) is 1.35. The van der Waals surface area contributed by atoms with Crippen LogP contribution in [0.3, 0.4) is 0 Å². The maximum Gasteiger partial charge on any atom is 0.156 e. The van der Waals surface area contributed by atoms with Gasteiger partial charge in [0.15, 0.2) is 5.15 Å². The molecule has 0 saturated carbocycles. The Morgan fingerprint density at radius 3 is 2.62 bits per heavy atom. The second-order valence-corrected chi connectivity index (χ2v) is 3.22. The normalized spacial score (nSPS) is 10.7. The molecule has 0 bridgehead atoms. The van der Waals surface area contributed by atoms with E-state index in [0.29, 0.717) is 10.7 Å². The summed E-state index contributed by atoms with van der Waals surface area (Å²) < 4.78 is 0. The Morgan fingerprint density at radius 1 is 1.15 bits per heavy atom. The summed E-state index contributed by atoms with van der Waals surface area (Å²) in [6, 6.07) is 1.81. The molecule has 0 spiro atoms. The number of hydrogen-bond acceptors (Lipinski definition) is 3. The second-order valence-electron chi connectivity index (χ2n) is 2.86. The number of aromatic nitrogens is 3. The molecule has 2 aromatic heterocycles. The van der Waals surface area contributed by atoms with Crippen molar-refractivity contribution in [2.75, 3.05) is 0 Å². The Morgan fingerprint density at radius 2 is 1.85 bits per heavy atom. The molecule has 13 heavy (non-hydrogen) atoms. The molecule has 0 fully saturated rings. The van der Waals surface area contributed by atoms with E-state index in [1.807, 2.05) is 13.8 Å². The van der Waals surface area contributed by atoms with Crippen LogP contribution in [0.4, 0.5) is 0 Å². The molecule has 0 aromatic carbocycles. The molecule has 0 saturated heterocycles. The van der Waals surface area contributed by atoms with Gasteiger partial charge in [-0.1, -0.05) is 11.6 Å². The molecule has 0 unspecified atom stereocenters. The van der Waals surface area contributed by atoms with Crippen molar-refractivity contribution >= 4 is 22.6 Å². The van der Waals surface area contributed by atoms with E-state index in [1.165, 1.54) is 0 Å². The van der Waals surface area contributed by atoms with Gasteiger partial charge in [-0.25, -0.2) is 15.0 Å². The minimum Gasteiger partial charge on any atom is -0.249 e. The molecule has 3 nitrogen and oxygen atoms in total. The summed E-state index contributed by atoms with van der Waals surface area (Å²) in [6.07, 6.45) is 1.63. The summed E-state index contributed by atoms with van der Waals surface area (Å²) in [5.74, 6) is 0. The lowest BCUT2D eigenvalue weighted by Gasteiger charge is -2.02. The smallest absolute Gasteiger partial charge is 0.156 e. The molecule has 0 amide bonds. The summed E-state index contributed by atoms with van der Waals surface area (Å²) in [6.45, 7) is 3.83. The van der Waals surface area contributed by atoms with Crippen LogP contribution >= 0.6 is 11.6 Å². The highest BCUT2D eigenvalue weighted by Gasteiger charge is 2.04. The first-order chi connectivity index (χ1) is 6.18. The van der Waals surface area contributed by atoms with Crippen molar-refractivity contribution in [2.24, 2.45) is 0 Å². The molecule has 2 rings (SSSR count). The number of pyridine rings is 1. The second kappa shape index (κ2) is 2.92. The fourth-order valence-corrected chi connectivity index (χ4v) is 1.32. The largest absolute Gasteiger partial charge is 0.249 e. The molecule has 0 aliphatic heterocycles. The average molecular weight is 194 g/mol. The summed E-state index contributed by atoms with van der Waals surface area (Å²) in [5.41, 5.74) is 3.28. The zero-order valence-electron chi connectivity index (χ0n) is 7.37. The predicted octanol–water partition coefficient (Wildman–Crippen LogP) is 2.30. The molecule has 2 heterocycles. The molecular weight excluding hydrogens is 186 g/mol. The number of fused-ring (bicyclic) bond motifs is 1.